The summed E-state index contributed by atoms with van der Waals surface area (Å²) >= 11 is 3.66. The van der Waals surface area contributed by atoms with E-state index in [9.17, 15) is 14.7 Å². The molecule has 1 N–H and O–H groups in total. The monoisotopic (exact) mass is 414 g/mol. The number of rotatable bonds is 4. The number of esters is 1. The van der Waals surface area contributed by atoms with Crippen molar-refractivity contribution in [3.8, 4) is 0 Å². The fraction of sp³-hybridized carbons (Fsp3) is 0.0667. The summed E-state index contributed by atoms with van der Waals surface area (Å²) in [5.41, 5.74) is -0.00526. The van der Waals surface area contributed by atoms with E-state index in [1.54, 1.807) is 6.07 Å². The van der Waals surface area contributed by atoms with Crippen LogP contribution in [-0.4, -0.2) is 24.2 Å². The molecule has 0 saturated heterocycles. The lowest BCUT2D eigenvalue weighted by molar-refractivity contribution is 0.0582. The van der Waals surface area contributed by atoms with E-state index in [0.29, 0.717) is 0 Å². The molecule has 6 heteroatoms. The third kappa shape index (κ3) is 3.98. The number of ether oxygens (including phenoxy) is 1. The van der Waals surface area contributed by atoms with Gasteiger partial charge in [0.25, 0.3) is 0 Å². The lowest BCUT2D eigenvalue weighted by Gasteiger charge is -2.07. The van der Waals surface area contributed by atoms with Crippen molar-refractivity contribution in [2.24, 2.45) is 0 Å². The lowest BCUT2D eigenvalue weighted by Crippen LogP contribution is -2.10. The zero-order valence-electron chi connectivity index (χ0n) is 11.0. The van der Waals surface area contributed by atoms with Gasteiger partial charge in [-0.1, -0.05) is 11.8 Å². The van der Waals surface area contributed by atoms with Crippen LogP contribution in [0.15, 0.2) is 52.3 Å². The maximum Gasteiger partial charge on any atom is 0.338 e. The minimum atomic E-state index is -1.15. The minimum Gasteiger partial charge on any atom is -0.478 e. The molecule has 2 rings (SSSR count). The molecule has 108 valence electrons. The molecule has 0 spiro atoms. The molecule has 0 aliphatic carbocycles. The normalized spacial score (nSPS) is 10.2. The summed E-state index contributed by atoms with van der Waals surface area (Å²) in [6, 6.07) is 12.5. The Morgan fingerprint density at radius 3 is 2.24 bits per heavy atom. The largest absolute Gasteiger partial charge is 0.478 e. The summed E-state index contributed by atoms with van der Waals surface area (Å²) in [6.45, 7) is 0. The average molecular weight is 414 g/mol. The van der Waals surface area contributed by atoms with Crippen LogP contribution < -0.4 is 0 Å². The van der Waals surface area contributed by atoms with Gasteiger partial charge in [0.05, 0.1) is 18.2 Å². The van der Waals surface area contributed by atoms with E-state index >= 15 is 0 Å². The third-order valence-corrected chi connectivity index (χ3v) is 4.39. The Morgan fingerprint density at radius 1 is 1.05 bits per heavy atom. The van der Waals surface area contributed by atoms with Gasteiger partial charge >= 0.3 is 11.9 Å². The summed E-state index contributed by atoms with van der Waals surface area (Å²) in [5, 5.41) is 9.22. The van der Waals surface area contributed by atoms with Gasteiger partial charge in [-0.2, -0.15) is 0 Å². The standard InChI is InChI=1S/C15H11IO4S/c1-20-15(19)12-7-6-11(8-13(12)14(17)18)21-10-4-2-9(16)3-5-10/h2-8H,1H3,(H,17,18). The first-order valence-electron chi connectivity index (χ1n) is 5.90. The van der Waals surface area contributed by atoms with Crippen molar-refractivity contribution < 1.29 is 19.4 Å². The van der Waals surface area contributed by atoms with Gasteiger partial charge in [0.15, 0.2) is 0 Å². The maximum absolute atomic E-state index is 11.6. The number of benzene rings is 2. The summed E-state index contributed by atoms with van der Waals surface area (Å²) in [5.74, 6) is -1.81. The highest BCUT2D eigenvalue weighted by molar-refractivity contribution is 14.1. The van der Waals surface area contributed by atoms with Gasteiger partial charge < -0.3 is 9.84 Å². The second-order valence-corrected chi connectivity index (χ2v) is 6.45. The molecule has 0 heterocycles. The van der Waals surface area contributed by atoms with E-state index in [-0.39, 0.29) is 11.1 Å². The second-order valence-electron chi connectivity index (χ2n) is 4.06. The van der Waals surface area contributed by atoms with Crippen LogP contribution in [0.5, 0.6) is 0 Å². The molecule has 0 aromatic heterocycles. The molecule has 21 heavy (non-hydrogen) atoms. The minimum absolute atomic E-state index is 0.0527. The van der Waals surface area contributed by atoms with Crippen molar-refractivity contribution in [1.82, 2.24) is 0 Å². The first-order valence-corrected chi connectivity index (χ1v) is 7.80. The Labute approximate surface area is 139 Å². The summed E-state index contributed by atoms with van der Waals surface area (Å²) in [7, 11) is 1.22. The molecule has 0 atom stereocenters. The van der Waals surface area contributed by atoms with Crippen LogP contribution in [0.3, 0.4) is 0 Å². The maximum atomic E-state index is 11.6. The zero-order chi connectivity index (χ0) is 15.4. The van der Waals surface area contributed by atoms with Crippen molar-refractivity contribution in [2.75, 3.05) is 7.11 Å². The molecule has 2 aromatic carbocycles. The van der Waals surface area contributed by atoms with Crippen LogP contribution in [0.1, 0.15) is 20.7 Å². The van der Waals surface area contributed by atoms with Crippen LogP contribution in [-0.2, 0) is 4.74 Å². The number of carbonyl (C=O) groups excluding carboxylic acids is 1. The smallest absolute Gasteiger partial charge is 0.338 e. The van der Waals surface area contributed by atoms with Gasteiger partial charge in [-0.3, -0.25) is 0 Å². The highest BCUT2D eigenvalue weighted by Crippen LogP contribution is 2.29. The van der Waals surface area contributed by atoms with Crippen molar-refractivity contribution in [2.45, 2.75) is 9.79 Å². The van der Waals surface area contributed by atoms with Crippen molar-refractivity contribution >= 4 is 46.3 Å². The molecule has 0 aliphatic heterocycles. The fourth-order valence-corrected chi connectivity index (χ4v) is 2.91. The van der Waals surface area contributed by atoms with Crippen LogP contribution in [0, 0.1) is 3.57 Å². The van der Waals surface area contributed by atoms with Crippen LogP contribution in [0.25, 0.3) is 0 Å². The molecule has 0 radical (unpaired) electrons. The SMILES string of the molecule is COC(=O)c1ccc(Sc2ccc(I)cc2)cc1C(=O)O. The average Bonchev–Trinajstić information content (AvgIpc) is 2.48. The molecule has 0 bridgehead atoms. The Hall–Kier alpha value is -1.54. The summed E-state index contributed by atoms with van der Waals surface area (Å²) < 4.78 is 5.72. The van der Waals surface area contributed by atoms with Crippen molar-refractivity contribution in [3.05, 3.63) is 57.2 Å². The number of aromatic carboxylic acids is 1. The van der Waals surface area contributed by atoms with E-state index in [0.717, 1.165) is 13.4 Å². The predicted octanol–water partition coefficient (Wildman–Crippen LogP) is 3.93. The van der Waals surface area contributed by atoms with Gasteiger partial charge in [0.2, 0.25) is 0 Å². The van der Waals surface area contributed by atoms with Crippen molar-refractivity contribution in [3.63, 3.8) is 0 Å². The van der Waals surface area contributed by atoms with E-state index in [1.165, 1.54) is 31.0 Å². The molecule has 0 fully saturated rings. The van der Waals surface area contributed by atoms with Gasteiger partial charge in [-0.15, -0.1) is 0 Å². The second kappa shape index (κ2) is 6.95. The van der Waals surface area contributed by atoms with E-state index < -0.39 is 11.9 Å². The lowest BCUT2D eigenvalue weighted by atomic mass is 10.1. The Bertz CT molecular complexity index is 683. The predicted molar refractivity (Wildman–Crippen MR) is 88.0 cm³/mol. The molecule has 0 aliphatic rings. The number of halogens is 1. The molecular formula is C15H11IO4S. The summed E-state index contributed by atoms with van der Waals surface area (Å²) in [6.07, 6.45) is 0. The molecule has 0 unspecified atom stereocenters. The zero-order valence-corrected chi connectivity index (χ0v) is 14.0. The first kappa shape index (κ1) is 15.8. The quantitative estimate of drug-likeness (QED) is 0.607. The number of hydrogen-bond donors (Lipinski definition) is 1. The Balaban J connectivity index is 2.33. The topological polar surface area (TPSA) is 63.6 Å². The van der Waals surface area contributed by atoms with E-state index in [1.807, 2.05) is 24.3 Å². The van der Waals surface area contributed by atoms with Gasteiger partial charge in [0.1, 0.15) is 0 Å². The number of carboxylic acids is 1. The highest BCUT2D eigenvalue weighted by Gasteiger charge is 2.17. The number of hydrogen-bond acceptors (Lipinski definition) is 4. The number of methoxy groups -OCH3 is 1. The molecule has 0 saturated carbocycles. The molecular weight excluding hydrogens is 403 g/mol. The number of carbonyl (C=O) groups is 2. The van der Waals surface area contributed by atoms with Gasteiger partial charge in [-0.25, -0.2) is 9.59 Å². The first-order chi connectivity index (χ1) is 10.0. The van der Waals surface area contributed by atoms with Crippen molar-refractivity contribution in [1.29, 1.82) is 0 Å². The molecule has 2 aromatic rings. The van der Waals surface area contributed by atoms with Gasteiger partial charge in [0, 0.05) is 13.4 Å². The molecule has 4 nitrogen and oxygen atoms in total. The highest BCUT2D eigenvalue weighted by atomic mass is 127. The number of carboxylic acid groups (broad SMARTS) is 1. The fourth-order valence-electron chi connectivity index (χ4n) is 1.69. The van der Waals surface area contributed by atoms with Crippen LogP contribution >= 0.6 is 34.4 Å². The Morgan fingerprint density at radius 2 is 1.67 bits per heavy atom. The van der Waals surface area contributed by atoms with E-state index in [4.69, 9.17) is 0 Å². The van der Waals surface area contributed by atoms with Crippen LogP contribution in [0.4, 0.5) is 0 Å². The molecule has 0 amide bonds. The third-order valence-electron chi connectivity index (χ3n) is 2.68. The Kier molecular flexibility index (Phi) is 5.24. The van der Waals surface area contributed by atoms with E-state index in [2.05, 4.69) is 27.3 Å². The summed E-state index contributed by atoms with van der Waals surface area (Å²) in [4.78, 5) is 24.6. The van der Waals surface area contributed by atoms with Gasteiger partial charge in [-0.05, 0) is 65.1 Å². The van der Waals surface area contributed by atoms with Crippen LogP contribution in [0.2, 0.25) is 0 Å².